The summed E-state index contributed by atoms with van der Waals surface area (Å²) in [6.45, 7) is 4.33. The minimum absolute atomic E-state index is 0.117. The summed E-state index contributed by atoms with van der Waals surface area (Å²) in [7, 11) is -3.06. The fourth-order valence-corrected chi connectivity index (χ4v) is 2.77. The maximum atomic E-state index is 11.3. The van der Waals surface area contributed by atoms with Crippen LogP contribution in [0.15, 0.2) is 0 Å². The molecule has 0 aliphatic carbocycles. The van der Waals surface area contributed by atoms with Gasteiger partial charge in [0.2, 0.25) is 10.0 Å². The largest absolute Gasteiger partial charge is 0.274 e. The van der Waals surface area contributed by atoms with E-state index >= 15 is 0 Å². The van der Waals surface area contributed by atoms with Crippen LogP contribution in [0.3, 0.4) is 0 Å². The van der Waals surface area contributed by atoms with Gasteiger partial charge in [0.1, 0.15) is 6.23 Å². The third kappa shape index (κ3) is 3.57. The van der Waals surface area contributed by atoms with E-state index < -0.39 is 10.0 Å². The van der Waals surface area contributed by atoms with E-state index in [1.54, 1.807) is 0 Å². The topological polar surface area (TPSA) is 49.9 Å². The van der Waals surface area contributed by atoms with Crippen molar-refractivity contribution in [2.75, 3.05) is 32.4 Å². The van der Waals surface area contributed by atoms with E-state index in [1.807, 2.05) is 6.92 Å². The molecule has 1 aliphatic rings. The zero-order chi connectivity index (χ0) is 11.5. The molecule has 0 bridgehead atoms. The molecule has 0 spiro atoms. The maximum Gasteiger partial charge on any atom is 0.211 e. The van der Waals surface area contributed by atoms with Crippen molar-refractivity contribution in [1.82, 2.24) is 9.21 Å². The summed E-state index contributed by atoms with van der Waals surface area (Å²) < 4.78 is 28.8. The minimum atomic E-state index is -3.06. The van der Waals surface area contributed by atoms with E-state index in [9.17, 15) is 8.42 Å². The van der Waals surface area contributed by atoms with Crippen LogP contribution in [0.25, 0.3) is 0 Å². The summed E-state index contributed by atoms with van der Waals surface area (Å²) in [5, 5.41) is 0. The summed E-state index contributed by atoms with van der Waals surface area (Å²) >= 11 is 5.35. The van der Waals surface area contributed by atoms with Gasteiger partial charge in [0.05, 0.1) is 18.1 Å². The van der Waals surface area contributed by atoms with E-state index in [-0.39, 0.29) is 6.23 Å². The molecule has 5 nitrogen and oxygen atoms in total. The Labute approximate surface area is 96.2 Å². The van der Waals surface area contributed by atoms with Gasteiger partial charge in [-0.2, -0.15) is 4.31 Å². The fraction of sp³-hybridized carbons (Fsp3) is 1.00. The number of nitrogens with zero attached hydrogens (tertiary/aromatic N) is 2. The third-order valence-corrected chi connectivity index (χ3v) is 4.11. The molecule has 0 radical (unpaired) electrons. The number of piperazine rings is 1. The van der Waals surface area contributed by atoms with E-state index in [2.05, 4.69) is 4.90 Å². The van der Waals surface area contributed by atoms with E-state index in [0.717, 1.165) is 6.42 Å². The van der Waals surface area contributed by atoms with Crippen molar-refractivity contribution in [3.8, 4) is 0 Å². The summed E-state index contributed by atoms with van der Waals surface area (Å²) in [6.07, 6.45) is 1.91. The van der Waals surface area contributed by atoms with Gasteiger partial charge in [-0.1, -0.05) is 6.92 Å². The number of sulfonamides is 1. The number of hydrogen-bond acceptors (Lipinski definition) is 4. The lowest BCUT2D eigenvalue weighted by atomic mass is 10.3. The molecule has 1 rings (SSSR count). The van der Waals surface area contributed by atoms with Gasteiger partial charge in [0.15, 0.2) is 0 Å². The van der Waals surface area contributed by atoms with Gasteiger partial charge in [0.25, 0.3) is 0 Å². The number of rotatable bonds is 4. The van der Waals surface area contributed by atoms with E-state index in [4.69, 9.17) is 16.2 Å². The van der Waals surface area contributed by atoms with Crippen molar-refractivity contribution in [2.24, 2.45) is 0 Å². The number of hydrogen-bond donors (Lipinski definition) is 0. The highest BCUT2D eigenvalue weighted by Gasteiger charge is 2.27. The Kier molecular flexibility index (Phi) is 4.79. The molecule has 0 aromatic carbocycles. The second-order valence-corrected chi connectivity index (χ2v) is 5.81. The van der Waals surface area contributed by atoms with Crippen LogP contribution in [-0.4, -0.2) is 56.3 Å². The molecule has 0 amide bonds. The van der Waals surface area contributed by atoms with E-state index in [1.165, 1.54) is 10.6 Å². The lowest BCUT2D eigenvalue weighted by Crippen LogP contribution is -2.51. The minimum Gasteiger partial charge on any atom is -0.274 e. The zero-order valence-electron chi connectivity index (χ0n) is 9.02. The summed E-state index contributed by atoms with van der Waals surface area (Å²) in [6, 6.07) is 0. The Morgan fingerprint density at radius 1 is 1.33 bits per heavy atom. The first-order chi connectivity index (χ1) is 6.99. The van der Waals surface area contributed by atoms with Crippen molar-refractivity contribution in [1.29, 1.82) is 0 Å². The SMILES string of the molecule is CC[C@@H](OCl)N1CCN(S(C)(=O)=O)CC1. The first-order valence-corrected chi connectivity index (χ1v) is 7.11. The molecule has 1 saturated heterocycles. The smallest absolute Gasteiger partial charge is 0.211 e. The van der Waals surface area contributed by atoms with Gasteiger partial charge >= 0.3 is 0 Å². The monoisotopic (exact) mass is 256 g/mol. The molecular formula is C8H17ClN2O3S. The predicted octanol–water partition coefficient (Wildman–Crippen LogP) is 0.470. The molecule has 1 heterocycles. The maximum absolute atomic E-state index is 11.3. The average molecular weight is 257 g/mol. The molecule has 7 heteroatoms. The molecule has 0 aromatic rings. The van der Waals surface area contributed by atoms with Crippen molar-refractivity contribution >= 4 is 21.9 Å². The molecule has 0 aromatic heterocycles. The van der Waals surface area contributed by atoms with Crippen LogP contribution >= 0.6 is 11.9 Å². The van der Waals surface area contributed by atoms with Crippen LogP contribution in [-0.2, 0) is 14.3 Å². The standard InChI is InChI=1S/C8H17ClN2O3S/c1-3-8(14-9)10-4-6-11(7-5-10)15(2,12)13/h8H,3-7H2,1-2H3/t8-/m1/s1. The molecule has 0 unspecified atom stereocenters. The van der Waals surface area contributed by atoms with Crippen LogP contribution < -0.4 is 0 Å². The van der Waals surface area contributed by atoms with Crippen molar-refractivity contribution in [3.05, 3.63) is 0 Å². The van der Waals surface area contributed by atoms with Gasteiger partial charge in [-0.25, -0.2) is 8.42 Å². The normalized spacial score (nSPS) is 22.9. The Bertz CT molecular complexity index is 284. The Morgan fingerprint density at radius 2 is 1.87 bits per heavy atom. The van der Waals surface area contributed by atoms with Gasteiger partial charge in [-0.15, -0.1) is 0 Å². The molecule has 15 heavy (non-hydrogen) atoms. The Balaban J connectivity index is 2.49. The van der Waals surface area contributed by atoms with Crippen LogP contribution in [0.5, 0.6) is 0 Å². The Hall–Kier alpha value is 0.120. The average Bonchev–Trinajstić information content (AvgIpc) is 2.19. The van der Waals surface area contributed by atoms with Gasteiger partial charge in [-0.05, 0) is 6.42 Å². The van der Waals surface area contributed by atoms with Crippen molar-refractivity contribution in [3.63, 3.8) is 0 Å². The summed E-state index contributed by atoms with van der Waals surface area (Å²) in [5.41, 5.74) is 0. The van der Waals surface area contributed by atoms with Crippen LogP contribution in [0.2, 0.25) is 0 Å². The predicted molar refractivity (Wildman–Crippen MR) is 59.0 cm³/mol. The quantitative estimate of drug-likeness (QED) is 0.734. The van der Waals surface area contributed by atoms with Gasteiger partial charge in [-0.3, -0.25) is 9.19 Å². The summed E-state index contributed by atoms with van der Waals surface area (Å²) in [5.74, 6) is 0. The number of halogens is 1. The van der Waals surface area contributed by atoms with Crippen LogP contribution in [0.4, 0.5) is 0 Å². The first-order valence-electron chi connectivity index (χ1n) is 4.95. The highest BCUT2D eigenvalue weighted by Crippen LogP contribution is 2.13. The molecule has 90 valence electrons. The molecule has 0 N–H and O–H groups in total. The molecular weight excluding hydrogens is 240 g/mol. The molecule has 0 saturated carbocycles. The van der Waals surface area contributed by atoms with Crippen LogP contribution in [0, 0.1) is 0 Å². The van der Waals surface area contributed by atoms with E-state index in [0.29, 0.717) is 26.2 Å². The van der Waals surface area contributed by atoms with Gasteiger partial charge < -0.3 is 0 Å². The Morgan fingerprint density at radius 3 is 2.20 bits per heavy atom. The summed E-state index contributed by atoms with van der Waals surface area (Å²) in [4.78, 5) is 2.05. The first kappa shape index (κ1) is 13.2. The fourth-order valence-electron chi connectivity index (χ4n) is 1.70. The lowest BCUT2D eigenvalue weighted by Gasteiger charge is -2.36. The van der Waals surface area contributed by atoms with Gasteiger partial charge in [0, 0.05) is 26.2 Å². The van der Waals surface area contributed by atoms with Crippen molar-refractivity contribution < 1.29 is 12.7 Å². The van der Waals surface area contributed by atoms with Crippen molar-refractivity contribution in [2.45, 2.75) is 19.6 Å². The second kappa shape index (κ2) is 5.45. The zero-order valence-corrected chi connectivity index (χ0v) is 10.6. The molecule has 1 aliphatic heterocycles. The highest BCUT2D eigenvalue weighted by molar-refractivity contribution is 7.88. The second-order valence-electron chi connectivity index (χ2n) is 3.65. The van der Waals surface area contributed by atoms with Crippen LogP contribution in [0.1, 0.15) is 13.3 Å². The lowest BCUT2D eigenvalue weighted by molar-refractivity contribution is 0.00912. The molecule has 1 atom stereocenters. The molecule has 1 fully saturated rings. The third-order valence-electron chi connectivity index (χ3n) is 2.60. The highest BCUT2D eigenvalue weighted by atomic mass is 35.5.